The molecule has 1 aromatic rings. The highest BCUT2D eigenvalue weighted by Crippen LogP contribution is 2.57. The molecule has 5 nitrogen and oxygen atoms in total. The maximum absolute atomic E-state index is 10.8. The minimum absolute atomic E-state index is 0. The lowest BCUT2D eigenvalue weighted by atomic mass is 9.51. The summed E-state index contributed by atoms with van der Waals surface area (Å²) in [5.41, 5.74) is 0.189. The maximum Gasteiger partial charge on any atom is 0.191 e. The van der Waals surface area contributed by atoms with Crippen LogP contribution >= 0.6 is 24.0 Å². The van der Waals surface area contributed by atoms with E-state index in [2.05, 4.69) is 29.5 Å². The van der Waals surface area contributed by atoms with Crippen molar-refractivity contribution in [3.8, 4) is 0 Å². The molecule has 3 unspecified atom stereocenters. The van der Waals surface area contributed by atoms with Crippen LogP contribution in [0.1, 0.15) is 52.0 Å². The molecule has 2 aliphatic rings. The van der Waals surface area contributed by atoms with E-state index in [0.29, 0.717) is 18.7 Å². The molecule has 152 valence electrons. The van der Waals surface area contributed by atoms with Crippen molar-refractivity contribution in [1.82, 2.24) is 10.6 Å². The number of rotatable bonds is 7. The third-order valence-electron chi connectivity index (χ3n) is 6.03. The molecule has 2 saturated carbocycles. The monoisotopic (exact) mass is 487 g/mol. The number of aliphatic hydroxyl groups is 1. The van der Waals surface area contributed by atoms with E-state index in [4.69, 9.17) is 4.74 Å². The van der Waals surface area contributed by atoms with Crippen molar-refractivity contribution in [1.29, 1.82) is 0 Å². The minimum atomic E-state index is -0.981. The highest BCUT2D eigenvalue weighted by Gasteiger charge is 2.59. The summed E-state index contributed by atoms with van der Waals surface area (Å²) in [6, 6.07) is 10.1. The van der Waals surface area contributed by atoms with E-state index in [1.54, 1.807) is 0 Å². The fourth-order valence-corrected chi connectivity index (χ4v) is 4.25. The normalized spacial score (nSPS) is 25.6. The average molecular weight is 487 g/mol. The molecule has 1 aromatic carbocycles. The lowest BCUT2D eigenvalue weighted by Crippen LogP contribution is -2.68. The minimum Gasteiger partial charge on any atom is -0.384 e. The third-order valence-corrected chi connectivity index (χ3v) is 6.03. The summed E-state index contributed by atoms with van der Waals surface area (Å²) in [7, 11) is 0. The van der Waals surface area contributed by atoms with Gasteiger partial charge in [-0.1, -0.05) is 36.8 Å². The molecule has 3 atom stereocenters. The van der Waals surface area contributed by atoms with E-state index < -0.39 is 5.60 Å². The maximum atomic E-state index is 10.8. The molecule has 1 spiro atoms. The Morgan fingerprint density at radius 2 is 2.00 bits per heavy atom. The van der Waals surface area contributed by atoms with Crippen LogP contribution in [0.3, 0.4) is 0 Å². The quantitative estimate of drug-likeness (QED) is 0.314. The van der Waals surface area contributed by atoms with Crippen LogP contribution in [0.5, 0.6) is 0 Å². The molecule has 3 rings (SSSR count). The largest absolute Gasteiger partial charge is 0.384 e. The summed E-state index contributed by atoms with van der Waals surface area (Å²) in [6.07, 6.45) is 5.17. The van der Waals surface area contributed by atoms with Crippen molar-refractivity contribution in [2.75, 3.05) is 19.7 Å². The first-order chi connectivity index (χ1) is 12.5. The van der Waals surface area contributed by atoms with Gasteiger partial charge in [-0.15, -0.1) is 24.0 Å². The Balaban J connectivity index is 0.00000261. The van der Waals surface area contributed by atoms with Crippen LogP contribution in [0, 0.1) is 5.41 Å². The second-order valence-corrected chi connectivity index (χ2v) is 7.80. The molecule has 27 heavy (non-hydrogen) atoms. The highest BCUT2D eigenvalue weighted by molar-refractivity contribution is 14.0. The van der Waals surface area contributed by atoms with Gasteiger partial charge in [-0.25, -0.2) is 4.99 Å². The van der Waals surface area contributed by atoms with Crippen LogP contribution in [-0.2, 0) is 10.3 Å². The molecule has 0 aromatic heterocycles. The molecule has 0 saturated heterocycles. The Hall–Kier alpha value is -0.860. The fraction of sp³-hybridized carbons (Fsp3) is 0.667. The number of benzene rings is 1. The average Bonchev–Trinajstić information content (AvgIpc) is 2.58. The van der Waals surface area contributed by atoms with Crippen LogP contribution < -0.4 is 10.6 Å². The van der Waals surface area contributed by atoms with Crippen molar-refractivity contribution in [2.24, 2.45) is 10.4 Å². The van der Waals surface area contributed by atoms with E-state index >= 15 is 0 Å². The Labute approximate surface area is 180 Å². The van der Waals surface area contributed by atoms with Gasteiger partial charge in [0.05, 0.1) is 12.6 Å². The van der Waals surface area contributed by atoms with Crippen LogP contribution in [0.25, 0.3) is 0 Å². The molecule has 2 aliphatic carbocycles. The van der Waals surface area contributed by atoms with Crippen molar-refractivity contribution >= 4 is 29.9 Å². The predicted molar refractivity (Wildman–Crippen MR) is 121 cm³/mol. The first kappa shape index (κ1) is 22.4. The van der Waals surface area contributed by atoms with Crippen LogP contribution in [0.4, 0.5) is 0 Å². The second kappa shape index (κ2) is 9.56. The fourth-order valence-electron chi connectivity index (χ4n) is 4.25. The Morgan fingerprint density at radius 3 is 2.56 bits per heavy atom. The van der Waals surface area contributed by atoms with E-state index in [1.807, 2.05) is 37.3 Å². The lowest BCUT2D eigenvalue weighted by Gasteiger charge is -2.61. The van der Waals surface area contributed by atoms with Gasteiger partial charge in [0, 0.05) is 24.6 Å². The first-order valence-corrected chi connectivity index (χ1v) is 9.96. The van der Waals surface area contributed by atoms with Gasteiger partial charge in [-0.2, -0.15) is 0 Å². The zero-order valence-corrected chi connectivity index (χ0v) is 19.0. The molecule has 2 fully saturated rings. The molecule has 0 aliphatic heterocycles. The SMILES string of the molecule is CCNC(=NCC(C)(O)c1ccccc1)NC1CC(OCC)C12CCC2.I. The molecule has 0 amide bonds. The zero-order chi connectivity index (χ0) is 18.6. The van der Waals surface area contributed by atoms with Gasteiger partial charge < -0.3 is 20.5 Å². The smallest absolute Gasteiger partial charge is 0.191 e. The van der Waals surface area contributed by atoms with Crippen molar-refractivity contribution in [3.05, 3.63) is 35.9 Å². The number of halogens is 1. The summed E-state index contributed by atoms with van der Waals surface area (Å²) < 4.78 is 5.94. The molecular weight excluding hydrogens is 453 g/mol. The summed E-state index contributed by atoms with van der Waals surface area (Å²) in [4.78, 5) is 4.68. The molecule has 3 N–H and O–H groups in total. The number of nitrogens with zero attached hydrogens (tertiary/aromatic N) is 1. The van der Waals surface area contributed by atoms with Crippen molar-refractivity contribution in [2.45, 2.75) is 64.2 Å². The van der Waals surface area contributed by atoms with Gasteiger partial charge in [0.25, 0.3) is 0 Å². The Morgan fingerprint density at radius 1 is 1.30 bits per heavy atom. The zero-order valence-electron chi connectivity index (χ0n) is 16.7. The van der Waals surface area contributed by atoms with Gasteiger partial charge in [0.2, 0.25) is 0 Å². The van der Waals surface area contributed by atoms with Crippen LogP contribution in [0.15, 0.2) is 35.3 Å². The van der Waals surface area contributed by atoms with E-state index in [0.717, 1.165) is 31.1 Å². The topological polar surface area (TPSA) is 65.9 Å². The van der Waals surface area contributed by atoms with E-state index in [9.17, 15) is 5.11 Å². The van der Waals surface area contributed by atoms with E-state index in [1.165, 1.54) is 19.3 Å². The predicted octanol–water partition coefficient (Wildman–Crippen LogP) is 3.41. The van der Waals surface area contributed by atoms with Crippen molar-refractivity contribution < 1.29 is 9.84 Å². The van der Waals surface area contributed by atoms with Crippen molar-refractivity contribution in [3.63, 3.8) is 0 Å². The summed E-state index contributed by atoms with van der Waals surface area (Å²) in [6.45, 7) is 7.86. The number of guanidine groups is 1. The van der Waals surface area contributed by atoms with Crippen LogP contribution in [0.2, 0.25) is 0 Å². The van der Waals surface area contributed by atoms with Gasteiger partial charge in [0.1, 0.15) is 5.60 Å². The standard InChI is InChI=1S/C21H33N3O2.HI/c1-4-22-19(23-15-20(3,25)16-10-7-6-8-11-16)24-17-14-18(26-5-2)21(17)12-9-13-21;/h6-8,10-11,17-18,25H,4-5,9,12-15H2,1-3H3,(H2,22,23,24);1H. The molecular formula is C21H34IN3O2. The number of aliphatic imine (C=N–C) groups is 1. The number of hydrogen-bond donors (Lipinski definition) is 3. The number of ether oxygens (including phenoxy) is 1. The van der Waals surface area contributed by atoms with Gasteiger partial charge in [0.15, 0.2) is 5.96 Å². The summed E-state index contributed by atoms with van der Waals surface area (Å²) in [5, 5.41) is 17.7. The molecule has 0 bridgehead atoms. The van der Waals surface area contributed by atoms with Gasteiger partial charge in [-0.3, -0.25) is 0 Å². The summed E-state index contributed by atoms with van der Waals surface area (Å²) in [5.74, 6) is 0.787. The third kappa shape index (κ3) is 4.77. The molecule has 6 heteroatoms. The second-order valence-electron chi connectivity index (χ2n) is 7.80. The number of nitrogens with one attached hydrogen (secondary N) is 2. The van der Waals surface area contributed by atoms with E-state index in [-0.39, 0.29) is 29.4 Å². The Bertz CT molecular complexity index is 617. The lowest BCUT2D eigenvalue weighted by molar-refractivity contribution is -0.168. The van der Waals surface area contributed by atoms with Gasteiger partial charge >= 0.3 is 0 Å². The summed E-state index contributed by atoms with van der Waals surface area (Å²) >= 11 is 0. The first-order valence-electron chi connectivity index (χ1n) is 9.96. The molecule has 0 radical (unpaired) electrons. The molecule has 0 heterocycles. The highest BCUT2D eigenvalue weighted by atomic mass is 127. The van der Waals surface area contributed by atoms with Gasteiger partial charge in [-0.05, 0) is 45.6 Å². The Kier molecular flexibility index (Phi) is 7.94. The number of hydrogen-bond acceptors (Lipinski definition) is 3. The van der Waals surface area contributed by atoms with Crippen LogP contribution in [-0.4, -0.2) is 42.9 Å².